The molecule has 2 unspecified atom stereocenters. The first-order valence-electron chi connectivity index (χ1n) is 43.5. The number of carbonyl (C=O) groups is 4. The van der Waals surface area contributed by atoms with Crippen LogP contribution in [0.3, 0.4) is 0 Å². The fourth-order valence-electron chi connectivity index (χ4n) is 13.1. The molecule has 0 aliphatic carbocycles. The van der Waals surface area contributed by atoms with Crippen molar-refractivity contribution in [3.05, 3.63) is 0 Å². The Bertz CT molecular complexity index is 1980. The molecule has 0 aromatic rings. The zero-order valence-electron chi connectivity index (χ0n) is 67.6. The molecular formula is C84H164O17P2. The zero-order valence-corrected chi connectivity index (χ0v) is 69.4. The Morgan fingerprint density at radius 3 is 0.660 bits per heavy atom. The molecule has 0 aromatic carbocycles. The van der Waals surface area contributed by atoms with E-state index in [1.165, 1.54) is 257 Å². The lowest BCUT2D eigenvalue weighted by atomic mass is 10.0. The van der Waals surface area contributed by atoms with Crippen molar-refractivity contribution in [2.45, 2.75) is 464 Å². The molecule has 103 heavy (non-hydrogen) atoms. The minimum Gasteiger partial charge on any atom is -0.462 e. The van der Waals surface area contributed by atoms with E-state index in [1.54, 1.807) is 0 Å². The van der Waals surface area contributed by atoms with Crippen LogP contribution in [0.5, 0.6) is 0 Å². The van der Waals surface area contributed by atoms with Gasteiger partial charge in [-0.2, -0.15) is 0 Å². The van der Waals surface area contributed by atoms with E-state index in [9.17, 15) is 43.2 Å². The first-order valence-corrected chi connectivity index (χ1v) is 46.5. The maximum Gasteiger partial charge on any atom is 0.472 e. The molecule has 19 heteroatoms. The molecule has 0 amide bonds. The molecule has 0 heterocycles. The number of aliphatic hydroxyl groups is 1. The van der Waals surface area contributed by atoms with Crippen molar-refractivity contribution in [1.29, 1.82) is 0 Å². The summed E-state index contributed by atoms with van der Waals surface area (Å²) in [5.74, 6) is -0.652. The van der Waals surface area contributed by atoms with Crippen molar-refractivity contribution in [3.63, 3.8) is 0 Å². The van der Waals surface area contributed by atoms with Crippen LogP contribution in [0.1, 0.15) is 446 Å². The lowest BCUT2D eigenvalue weighted by Gasteiger charge is -2.21. The van der Waals surface area contributed by atoms with E-state index in [-0.39, 0.29) is 25.7 Å². The van der Waals surface area contributed by atoms with Gasteiger partial charge in [0.25, 0.3) is 0 Å². The third-order valence-electron chi connectivity index (χ3n) is 19.7. The van der Waals surface area contributed by atoms with Gasteiger partial charge in [-0.25, -0.2) is 9.13 Å². The summed E-state index contributed by atoms with van der Waals surface area (Å²) in [6.07, 6.45) is 66.9. The largest absolute Gasteiger partial charge is 0.472 e. The van der Waals surface area contributed by atoms with Gasteiger partial charge in [-0.1, -0.05) is 395 Å². The normalized spacial score (nSPS) is 13.9. The van der Waals surface area contributed by atoms with E-state index in [1.807, 2.05) is 0 Å². The number of phosphoric acid groups is 2. The van der Waals surface area contributed by atoms with Gasteiger partial charge in [0.05, 0.1) is 26.4 Å². The molecule has 0 radical (unpaired) electrons. The van der Waals surface area contributed by atoms with Gasteiger partial charge in [0.2, 0.25) is 0 Å². The molecule has 0 fully saturated rings. The molecule has 0 aromatic heterocycles. The third kappa shape index (κ3) is 78.0. The molecule has 612 valence electrons. The van der Waals surface area contributed by atoms with E-state index in [4.69, 9.17) is 37.0 Å². The summed E-state index contributed by atoms with van der Waals surface area (Å²) < 4.78 is 68.8. The summed E-state index contributed by atoms with van der Waals surface area (Å²) >= 11 is 0. The standard InChI is InChI=1S/C84H164O17P2/c1-7-9-11-13-15-17-19-21-23-25-27-28-29-31-33-35-40-44-48-56-62-68-83(88)100-79(72-94-81(86)66-60-54-47-43-39-34-32-30-26-24-22-20-18-16-14-12-10-8-2)74-98-102(90,91)96-70-78(85)71-97-103(92,93)99-75-80(73-95-82(87)67-61-55-51-50-53-59-65-77(5)6)101-84(89)69-63-57-49-45-41-37-36-38-42-46-52-58-64-76(3)4/h76-80,85H,7-75H2,1-6H3,(H,90,91)(H,92,93)/t78-,79-,80-/m1/s1. The topological polar surface area (TPSA) is 237 Å². The molecule has 0 bridgehead atoms. The van der Waals surface area contributed by atoms with Gasteiger partial charge < -0.3 is 33.8 Å². The minimum absolute atomic E-state index is 0.106. The van der Waals surface area contributed by atoms with Crippen LogP contribution in [0.4, 0.5) is 0 Å². The van der Waals surface area contributed by atoms with E-state index >= 15 is 0 Å². The van der Waals surface area contributed by atoms with Crippen molar-refractivity contribution in [1.82, 2.24) is 0 Å². The average molecular weight is 1510 g/mol. The number of aliphatic hydroxyl groups excluding tert-OH is 1. The second-order valence-electron chi connectivity index (χ2n) is 31.2. The highest BCUT2D eigenvalue weighted by atomic mass is 31.2. The first-order chi connectivity index (χ1) is 49.9. The van der Waals surface area contributed by atoms with Gasteiger partial charge in [-0.05, 0) is 37.5 Å². The summed E-state index contributed by atoms with van der Waals surface area (Å²) in [4.78, 5) is 73.1. The van der Waals surface area contributed by atoms with Crippen molar-refractivity contribution in [2.75, 3.05) is 39.6 Å². The van der Waals surface area contributed by atoms with E-state index in [2.05, 4.69) is 41.5 Å². The zero-order chi connectivity index (χ0) is 75.6. The summed E-state index contributed by atoms with van der Waals surface area (Å²) in [5.41, 5.74) is 0. The molecule has 17 nitrogen and oxygen atoms in total. The molecular weight excluding hydrogens is 1340 g/mol. The van der Waals surface area contributed by atoms with E-state index in [0.29, 0.717) is 31.6 Å². The van der Waals surface area contributed by atoms with Crippen molar-refractivity contribution in [2.24, 2.45) is 11.8 Å². The molecule has 5 atom stereocenters. The number of esters is 4. The van der Waals surface area contributed by atoms with E-state index < -0.39 is 97.5 Å². The minimum atomic E-state index is -4.96. The highest BCUT2D eigenvalue weighted by Gasteiger charge is 2.30. The maximum absolute atomic E-state index is 13.1. The molecule has 3 N–H and O–H groups in total. The maximum atomic E-state index is 13.1. The van der Waals surface area contributed by atoms with E-state index in [0.717, 1.165) is 102 Å². The third-order valence-corrected chi connectivity index (χ3v) is 21.6. The lowest BCUT2D eigenvalue weighted by molar-refractivity contribution is -0.161. The fraction of sp³-hybridized carbons (Fsp3) is 0.952. The molecule has 0 saturated carbocycles. The number of hydrogen-bond donors (Lipinski definition) is 3. The smallest absolute Gasteiger partial charge is 0.462 e. The Kier molecular flexibility index (Phi) is 74.1. The highest BCUT2D eigenvalue weighted by molar-refractivity contribution is 7.47. The van der Waals surface area contributed by atoms with Crippen molar-refractivity contribution >= 4 is 39.5 Å². The fourth-order valence-corrected chi connectivity index (χ4v) is 14.6. The molecule has 0 spiro atoms. The molecule has 0 saturated heterocycles. The van der Waals surface area contributed by atoms with Crippen LogP contribution in [0.25, 0.3) is 0 Å². The van der Waals surface area contributed by atoms with Crippen LogP contribution in [0, 0.1) is 11.8 Å². The number of rotatable bonds is 83. The quantitative estimate of drug-likeness (QED) is 0.0222. The first kappa shape index (κ1) is 101. The average Bonchev–Trinajstić information content (AvgIpc) is 0.914. The molecule has 0 aliphatic heterocycles. The number of phosphoric ester groups is 2. The van der Waals surface area contributed by atoms with Crippen LogP contribution in [-0.4, -0.2) is 96.7 Å². The summed E-state index contributed by atoms with van der Waals surface area (Å²) in [6, 6.07) is 0. The monoisotopic (exact) mass is 1510 g/mol. The van der Waals surface area contributed by atoms with Crippen molar-refractivity contribution in [3.8, 4) is 0 Å². The Hall–Kier alpha value is -1.94. The lowest BCUT2D eigenvalue weighted by Crippen LogP contribution is -2.30. The Balaban J connectivity index is 5.21. The SMILES string of the molecule is CCCCCCCCCCCCCCCCCCCCCCCC(=O)O[C@H](COC(=O)CCCCCCCCCCCCCCCCCCCC)COP(=O)(O)OC[C@@H](O)COP(=O)(O)OC[C@@H](COC(=O)CCCCCCCCC(C)C)OC(=O)CCCCCCCCCCCCCCC(C)C. The van der Waals surface area contributed by atoms with Crippen LogP contribution < -0.4 is 0 Å². The Morgan fingerprint density at radius 2 is 0.447 bits per heavy atom. The predicted molar refractivity (Wildman–Crippen MR) is 423 cm³/mol. The summed E-state index contributed by atoms with van der Waals surface area (Å²) in [6.45, 7) is 9.58. The number of hydrogen-bond acceptors (Lipinski definition) is 15. The van der Waals surface area contributed by atoms with Gasteiger partial charge in [-0.3, -0.25) is 37.3 Å². The van der Waals surface area contributed by atoms with Crippen LogP contribution >= 0.6 is 15.6 Å². The predicted octanol–water partition coefficient (Wildman–Crippen LogP) is 25.5. The summed E-state index contributed by atoms with van der Waals surface area (Å²) in [7, 11) is -9.92. The molecule has 0 rings (SSSR count). The second-order valence-corrected chi connectivity index (χ2v) is 34.1. The van der Waals surface area contributed by atoms with Gasteiger partial charge in [-0.15, -0.1) is 0 Å². The van der Waals surface area contributed by atoms with Gasteiger partial charge >= 0.3 is 39.5 Å². The highest BCUT2D eigenvalue weighted by Crippen LogP contribution is 2.45. The Morgan fingerprint density at radius 1 is 0.262 bits per heavy atom. The van der Waals surface area contributed by atoms with Gasteiger partial charge in [0, 0.05) is 25.7 Å². The second kappa shape index (κ2) is 75.5. The van der Waals surface area contributed by atoms with Gasteiger partial charge in [0.1, 0.15) is 19.3 Å². The molecule has 0 aliphatic rings. The Labute approximate surface area is 632 Å². The number of ether oxygens (including phenoxy) is 4. The number of carbonyl (C=O) groups excluding carboxylic acids is 4. The van der Waals surface area contributed by atoms with Crippen LogP contribution in [0.15, 0.2) is 0 Å². The van der Waals surface area contributed by atoms with Crippen molar-refractivity contribution < 1.29 is 80.2 Å². The van der Waals surface area contributed by atoms with Crippen LogP contribution in [0.2, 0.25) is 0 Å². The number of unbranched alkanes of at least 4 members (excludes halogenated alkanes) is 53. The van der Waals surface area contributed by atoms with Crippen LogP contribution in [-0.2, 0) is 65.4 Å². The van der Waals surface area contributed by atoms with Gasteiger partial charge in [0.15, 0.2) is 12.2 Å². The summed E-state index contributed by atoms with van der Waals surface area (Å²) in [5, 5.41) is 10.7.